The Kier molecular flexibility index (Phi) is 12.3. The SMILES string of the molecule is CC1(C)c2cc(/C=C/c3ccc4c(c3)C(C)(C)c3cc(N(c5ccccn5)c5cc6ccccc6c6ccccc56)ccc3-4)ccc2-c2ccc(/C=C/c3ccc4c(c3)C(C)(C)c3cc(N(c5ccccn5)c5cc6ccccc6c6ccccc56)ccc3-4)cc21. The molecule has 0 unspecified atom stereocenters. The van der Waals surface area contributed by atoms with Crippen LogP contribution in [-0.4, -0.2) is 9.97 Å². The highest BCUT2D eigenvalue weighted by Crippen LogP contribution is 2.55. The molecule has 0 atom stereocenters. The summed E-state index contributed by atoms with van der Waals surface area (Å²) in [6, 6.07) is 94.0. The van der Waals surface area contributed by atoms with E-state index in [4.69, 9.17) is 9.97 Å². The zero-order chi connectivity index (χ0) is 61.3. The number of nitrogens with zero attached hydrogens (tertiary/aromatic N) is 4. The van der Waals surface area contributed by atoms with E-state index in [9.17, 15) is 0 Å². The zero-order valence-corrected chi connectivity index (χ0v) is 52.0. The third-order valence-electron chi connectivity index (χ3n) is 20.3. The molecule has 12 aromatic carbocycles. The number of pyridine rings is 2. The van der Waals surface area contributed by atoms with Gasteiger partial charge in [-0.2, -0.15) is 0 Å². The largest absolute Gasteiger partial charge is 0.294 e. The van der Waals surface area contributed by atoms with Crippen LogP contribution in [0, 0.1) is 0 Å². The van der Waals surface area contributed by atoms with Crippen molar-refractivity contribution in [2.75, 3.05) is 9.80 Å². The van der Waals surface area contributed by atoms with Gasteiger partial charge < -0.3 is 0 Å². The minimum atomic E-state index is -0.236. The Morgan fingerprint density at radius 1 is 0.264 bits per heavy atom. The molecule has 0 saturated heterocycles. The van der Waals surface area contributed by atoms with E-state index in [1.165, 1.54) is 132 Å². The van der Waals surface area contributed by atoms with Crippen LogP contribution < -0.4 is 9.80 Å². The minimum Gasteiger partial charge on any atom is -0.294 e. The van der Waals surface area contributed by atoms with Crippen molar-refractivity contribution in [3.05, 3.63) is 323 Å². The summed E-state index contributed by atoms with van der Waals surface area (Å²) in [6.45, 7) is 14.3. The van der Waals surface area contributed by atoms with E-state index in [1.807, 2.05) is 24.5 Å². The lowest BCUT2D eigenvalue weighted by atomic mass is 9.81. The van der Waals surface area contributed by atoms with Crippen molar-refractivity contribution in [3.63, 3.8) is 0 Å². The van der Waals surface area contributed by atoms with Crippen LogP contribution in [0.4, 0.5) is 34.4 Å². The Labute approximate surface area is 532 Å². The van der Waals surface area contributed by atoms with Gasteiger partial charge in [-0.1, -0.05) is 260 Å². The summed E-state index contributed by atoms with van der Waals surface area (Å²) in [5.41, 5.74) is 24.4. The summed E-state index contributed by atoms with van der Waals surface area (Å²) in [5, 5.41) is 9.75. The summed E-state index contributed by atoms with van der Waals surface area (Å²) < 4.78 is 0. The van der Waals surface area contributed by atoms with Gasteiger partial charge in [-0.05, 0) is 182 Å². The van der Waals surface area contributed by atoms with E-state index in [0.29, 0.717) is 0 Å². The van der Waals surface area contributed by atoms with Crippen molar-refractivity contribution >= 4 is 102 Å². The van der Waals surface area contributed by atoms with Gasteiger partial charge in [0.2, 0.25) is 0 Å². The maximum absolute atomic E-state index is 4.96. The molecule has 91 heavy (non-hydrogen) atoms. The number of hydrogen-bond donors (Lipinski definition) is 0. The number of fused-ring (bicyclic) bond motifs is 15. The van der Waals surface area contributed by atoms with Gasteiger partial charge in [0, 0.05) is 50.8 Å². The Morgan fingerprint density at radius 3 is 0.879 bits per heavy atom. The summed E-state index contributed by atoms with van der Waals surface area (Å²) in [5.74, 6) is 1.77. The van der Waals surface area contributed by atoms with Gasteiger partial charge >= 0.3 is 0 Å². The highest BCUT2D eigenvalue weighted by atomic mass is 15.2. The number of benzene rings is 12. The molecule has 0 amide bonds. The second-order valence-corrected chi connectivity index (χ2v) is 26.6. The molecule has 0 bridgehead atoms. The average Bonchev–Trinajstić information content (AvgIpc) is 1.67. The third-order valence-corrected chi connectivity index (χ3v) is 20.3. The van der Waals surface area contributed by atoms with E-state index in [1.54, 1.807) is 0 Å². The smallest absolute Gasteiger partial charge is 0.137 e. The normalized spacial score (nSPS) is 14.4. The third kappa shape index (κ3) is 8.64. The van der Waals surface area contributed by atoms with Crippen molar-refractivity contribution < 1.29 is 0 Å². The Hall–Kier alpha value is -10.9. The van der Waals surface area contributed by atoms with Gasteiger partial charge in [0.1, 0.15) is 11.6 Å². The molecule has 2 aromatic heterocycles. The van der Waals surface area contributed by atoms with Gasteiger partial charge in [-0.3, -0.25) is 9.80 Å². The molecule has 14 aromatic rings. The van der Waals surface area contributed by atoms with Crippen molar-refractivity contribution in [2.24, 2.45) is 0 Å². The highest BCUT2D eigenvalue weighted by Gasteiger charge is 2.39. The molecule has 0 N–H and O–H groups in total. The second-order valence-electron chi connectivity index (χ2n) is 26.6. The van der Waals surface area contributed by atoms with Crippen LogP contribution in [0.2, 0.25) is 0 Å². The first-order valence-corrected chi connectivity index (χ1v) is 31.8. The number of rotatable bonds is 10. The molecule has 2 heterocycles. The molecule has 0 radical (unpaired) electrons. The molecule has 3 aliphatic rings. The van der Waals surface area contributed by atoms with Gasteiger partial charge in [0.25, 0.3) is 0 Å². The maximum Gasteiger partial charge on any atom is 0.137 e. The van der Waals surface area contributed by atoms with Crippen molar-refractivity contribution in [1.82, 2.24) is 9.97 Å². The molecule has 4 heteroatoms. The van der Waals surface area contributed by atoms with Gasteiger partial charge in [-0.25, -0.2) is 9.97 Å². The average molecular weight is 1170 g/mol. The molecule has 0 spiro atoms. The van der Waals surface area contributed by atoms with Crippen molar-refractivity contribution in [2.45, 2.75) is 57.8 Å². The lowest BCUT2D eigenvalue weighted by Gasteiger charge is -2.28. The Bertz CT molecular complexity index is 5060. The first-order chi connectivity index (χ1) is 44.4. The van der Waals surface area contributed by atoms with Crippen LogP contribution in [0.3, 0.4) is 0 Å². The van der Waals surface area contributed by atoms with Crippen LogP contribution in [0.25, 0.3) is 101 Å². The molecule has 0 fully saturated rings. The second kappa shape index (κ2) is 20.6. The fourth-order valence-electron chi connectivity index (χ4n) is 15.5. The molecule has 4 nitrogen and oxygen atoms in total. The number of aromatic nitrogens is 2. The Morgan fingerprint density at radius 2 is 0.549 bits per heavy atom. The van der Waals surface area contributed by atoms with Crippen LogP contribution in [-0.2, 0) is 16.2 Å². The fourth-order valence-corrected chi connectivity index (χ4v) is 15.5. The van der Waals surface area contributed by atoms with Gasteiger partial charge in [0.05, 0.1) is 11.4 Å². The summed E-state index contributed by atoms with van der Waals surface area (Å²) in [7, 11) is 0. The van der Waals surface area contributed by atoms with Crippen LogP contribution >= 0.6 is 0 Å². The van der Waals surface area contributed by atoms with Crippen molar-refractivity contribution in [1.29, 1.82) is 0 Å². The molecular weight excluding hydrogens is 1100 g/mol. The van der Waals surface area contributed by atoms with E-state index >= 15 is 0 Å². The predicted octanol–water partition coefficient (Wildman–Crippen LogP) is 23.3. The fraction of sp³-hybridized carbons (Fsp3) is 0.103. The van der Waals surface area contributed by atoms with Crippen molar-refractivity contribution in [3.8, 4) is 33.4 Å². The van der Waals surface area contributed by atoms with Crippen LogP contribution in [0.15, 0.2) is 267 Å². The quantitative estimate of drug-likeness (QED) is 0.101. The maximum atomic E-state index is 4.96. The molecule has 0 aliphatic heterocycles. The molecule has 0 saturated carbocycles. The van der Waals surface area contributed by atoms with E-state index in [0.717, 1.165) is 34.4 Å². The van der Waals surface area contributed by atoms with E-state index < -0.39 is 0 Å². The standard InChI is InChI=1S/C87H66N4/c1-85(2)75-47-55(29-31-57-35-41-69-71-43-37-61(53-79(71)86(3,4)77(69)49-57)90(83-27-15-17-45-88-83)81-51-59-19-7-9-21-63(59)65-23-11-13-25-73(65)81)33-39-67(75)68-40-34-56(48-76(68)85)30-32-58-36-42-70-72-44-38-62(54-80(72)87(5,6)78(70)50-58)91(84-28-16-18-46-89-84)82-52-60-20-8-10-22-64(60)66-24-12-14-26-74(66)82/h7-54H,1-6H3/b31-29+,32-30+. The summed E-state index contributed by atoms with van der Waals surface area (Å²) >= 11 is 0. The first kappa shape index (κ1) is 54.2. The zero-order valence-electron chi connectivity index (χ0n) is 52.0. The molecule has 17 rings (SSSR count). The minimum absolute atomic E-state index is 0.177. The topological polar surface area (TPSA) is 32.3 Å². The van der Waals surface area contributed by atoms with E-state index in [2.05, 4.69) is 318 Å². The first-order valence-electron chi connectivity index (χ1n) is 31.8. The van der Waals surface area contributed by atoms with Crippen LogP contribution in [0.1, 0.15) is 97.2 Å². The molecule has 3 aliphatic carbocycles. The molecule has 434 valence electrons. The van der Waals surface area contributed by atoms with Gasteiger partial charge in [-0.15, -0.1) is 0 Å². The summed E-state index contributed by atoms with van der Waals surface area (Å²) in [4.78, 5) is 14.6. The lowest BCUT2D eigenvalue weighted by Crippen LogP contribution is -2.17. The number of anilines is 6. The molecular formula is C87H66N4. The monoisotopic (exact) mass is 1170 g/mol. The predicted molar refractivity (Wildman–Crippen MR) is 385 cm³/mol. The highest BCUT2D eigenvalue weighted by molar-refractivity contribution is 6.16. The van der Waals surface area contributed by atoms with Gasteiger partial charge in [0.15, 0.2) is 0 Å². The van der Waals surface area contributed by atoms with Crippen LogP contribution in [0.5, 0.6) is 0 Å². The Balaban J connectivity index is 0.624. The van der Waals surface area contributed by atoms with E-state index in [-0.39, 0.29) is 16.2 Å². The summed E-state index contributed by atoms with van der Waals surface area (Å²) in [6.07, 6.45) is 13.0. The lowest BCUT2D eigenvalue weighted by molar-refractivity contribution is 0.660. The number of hydrogen-bond acceptors (Lipinski definition) is 4.